The quantitative estimate of drug-likeness (QED) is 0.620. The fraction of sp³-hybridized carbons (Fsp3) is 0.542. The largest absolute Gasteiger partial charge is 0.396 e. The van der Waals surface area contributed by atoms with Gasteiger partial charge >= 0.3 is 0 Å². The van der Waals surface area contributed by atoms with Gasteiger partial charge in [-0.05, 0) is 56.7 Å². The number of anilines is 1. The first-order valence-electron chi connectivity index (χ1n) is 11.8. The molecule has 0 spiro atoms. The van der Waals surface area contributed by atoms with E-state index in [4.69, 9.17) is 4.98 Å². The molecule has 5 rings (SSSR count). The maximum Gasteiger partial charge on any atom is 0.242 e. The smallest absolute Gasteiger partial charge is 0.242 e. The molecular weight excluding hydrogens is 404 g/mol. The number of imidazole rings is 1. The third kappa shape index (κ3) is 4.11. The Morgan fingerprint density at radius 1 is 1.25 bits per heavy atom. The van der Waals surface area contributed by atoms with Crippen LogP contribution in [0, 0.1) is 5.92 Å². The van der Waals surface area contributed by atoms with Gasteiger partial charge in [-0.1, -0.05) is 0 Å². The van der Waals surface area contributed by atoms with Crippen LogP contribution in [-0.2, 0) is 30.7 Å². The van der Waals surface area contributed by atoms with Gasteiger partial charge in [0.25, 0.3) is 0 Å². The van der Waals surface area contributed by atoms with Crippen LogP contribution in [0.4, 0.5) is 5.69 Å². The Hall–Kier alpha value is -2.87. The van der Waals surface area contributed by atoms with E-state index in [1.165, 1.54) is 5.56 Å². The van der Waals surface area contributed by atoms with Crippen molar-refractivity contribution in [2.24, 2.45) is 5.92 Å². The summed E-state index contributed by atoms with van der Waals surface area (Å²) in [7, 11) is 0. The van der Waals surface area contributed by atoms with Crippen molar-refractivity contribution in [1.82, 2.24) is 24.2 Å². The first-order valence-corrected chi connectivity index (χ1v) is 11.8. The molecule has 170 valence electrons. The Bertz CT molecular complexity index is 1080. The molecule has 8 nitrogen and oxygen atoms in total. The second-order valence-electron chi connectivity index (χ2n) is 9.18. The lowest BCUT2D eigenvalue weighted by Crippen LogP contribution is -2.41. The number of aliphatic hydroxyl groups is 1. The van der Waals surface area contributed by atoms with Gasteiger partial charge in [-0.15, -0.1) is 0 Å². The molecule has 1 aromatic carbocycles. The van der Waals surface area contributed by atoms with E-state index in [-0.39, 0.29) is 12.5 Å². The number of amides is 1. The number of carbonyl (C=O) groups excluding carboxylic acids is 1. The second kappa shape index (κ2) is 8.94. The van der Waals surface area contributed by atoms with Gasteiger partial charge in [0, 0.05) is 62.3 Å². The van der Waals surface area contributed by atoms with Crippen LogP contribution in [0.1, 0.15) is 37.6 Å². The first-order chi connectivity index (χ1) is 15.6. The van der Waals surface area contributed by atoms with Gasteiger partial charge in [-0.2, -0.15) is 5.10 Å². The van der Waals surface area contributed by atoms with E-state index in [0.717, 1.165) is 74.3 Å². The van der Waals surface area contributed by atoms with Crippen molar-refractivity contribution < 1.29 is 9.90 Å². The summed E-state index contributed by atoms with van der Waals surface area (Å²) in [4.78, 5) is 20.2. The lowest BCUT2D eigenvalue weighted by Gasteiger charge is -2.31. The molecule has 2 aromatic heterocycles. The van der Waals surface area contributed by atoms with E-state index < -0.39 is 0 Å². The Labute approximate surface area is 188 Å². The number of carbonyl (C=O) groups is 1. The third-order valence-corrected chi connectivity index (χ3v) is 6.98. The number of rotatable bonds is 6. The van der Waals surface area contributed by atoms with Crippen molar-refractivity contribution in [3.63, 3.8) is 0 Å². The van der Waals surface area contributed by atoms with Gasteiger partial charge in [-0.25, -0.2) is 4.98 Å². The van der Waals surface area contributed by atoms with Crippen molar-refractivity contribution in [1.29, 1.82) is 0 Å². The Kier molecular flexibility index (Phi) is 5.87. The SMILES string of the molecule is C[C@H]1CCc2c(ccc3c2nc(CCn2cccn2)n3CC(=O)N2CCC(CO)CC2)N1. The third-order valence-electron chi connectivity index (χ3n) is 6.98. The molecule has 2 aliphatic rings. The van der Waals surface area contributed by atoms with Gasteiger partial charge in [0.2, 0.25) is 5.91 Å². The number of fused-ring (bicyclic) bond motifs is 3. The topological polar surface area (TPSA) is 88.2 Å². The molecule has 1 atom stereocenters. The van der Waals surface area contributed by atoms with Crippen LogP contribution in [0.2, 0.25) is 0 Å². The summed E-state index contributed by atoms with van der Waals surface area (Å²) in [6.45, 7) is 4.89. The molecule has 0 bridgehead atoms. The Balaban J connectivity index is 1.44. The Morgan fingerprint density at radius 3 is 2.84 bits per heavy atom. The summed E-state index contributed by atoms with van der Waals surface area (Å²) in [6, 6.07) is 6.63. The number of hydrogen-bond acceptors (Lipinski definition) is 5. The van der Waals surface area contributed by atoms with E-state index in [9.17, 15) is 9.90 Å². The molecule has 32 heavy (non-hydrogen) atoms. The highest BCUT2D eigenvalue weighted by Crippen LogP contribution is 2.32. The van der Waals surface area contributed by atoms with Crippen LogP contribution in [0.3, 0.4) is 0 Å². The second-order valence-corrected chi connectivity index (χ2v) is 9.18. The normalized spacial score (nSPS) is 19.2. The lowest BCUT2D eigenvalue weighted by atomic mass is 9.97. The minimum Gasteiger partial charge on any atom is -0.396 e. The molecule has 0 unspecified atom stereocenters. The summed E-state index contributed by atoms with van der Waals surface area (Å²) in [5, 5.41) is 17.3. The lowest BCUT2D eigenvalue weighted by molar-refractivity contribution is -0.133. The molecule has 0 saturated carbocycles. The molecule has 3 aromatic rings. The minimum atomic E-state index is 0.130. The zero-order valence-corrected chi connectivity index (χ0v) is 18.7. The maximum absolute atomic E-state index is 13.2. The number of piperidine rings is 1. The van der Waals surface area contributed by atoms with Crippen LogP contribution in [0.5, 0.6) is 0 Å². The van der Waals surface area contributed by atoms with E-state index in [2.05, 4.69) is 34.0 Å². The summed E-state index contributed by atoms with van der Waals surface area (Å²) >= 11 is 0. The van der Waals surface area contributed by atoms with Crippen LogP contribution in [0.15, 0.2) is 30.6 Å². The molecule has 1 amide bonds. The van der Waals surface area contributed by atoms with Gasteiger partial charge in [-0.3, -0.25) is 9.48 Å². The van der Waals surface area contributed by atoms with Crippen molar-refractivity contribution in [3.8, 4) is 0 Å². The van der Waals surface area contributed by atoms with Gasteiger partial charge in [0.1, 0.15) is 12.4 Å². The zero-order valence-electron chi connectivity index (χ0n) is 18.7. The number of benzene rings is 1. The van der Waals surface area contributed by atoms with Gasteiger partial charge < -0.3 is 19.9 Å². The number of aryl methyl sites for hydroxylation is 3. The van der Waals surface area contributed by atoms with Crippen molar-refractivity contribution >= 4 is 22.6 Å². The van der Waals surface area contributed by atoms with Gasteiger partial charge in [0.15, 0.2) is 0 Å². The van der Waals surface area contributed by atoms with Crippen LogP contribution < -0.4 is 5.32 Å². The standard InChI is InChI=1S/C24H32N6O2/c1-17-3-4-19-20(26-17)5-6-21-24(19)27-22(9-14-29-11-2-10-25-29)30(21)15-23(32)28-12-7-18(16-31)8-13-28/h2,5-6,10-11,17-18,26,31H,3-4,7-9,12-16H2,1H3/t17-/m0/s1. The molecule has 2 aliphatic heterocycles. The molecule has 1 fully saturated rings. The fourth-order valence-electron chi connectivity index (χ4n) is 5.00. The molecular formula is C24H32N6O2. The predicted molar refractivity (Wildman–Crippen MR) is 123 cm³/mol. The van der Waals surface area contributed by atoms with Crippen molar-refractivity contribution in [2.75, 3.05) is 25.0 Å². The summed E-state index contributed by atoms with van der Waals surface area (Å²) in [6.07, 6.45) is 8.28. The highest BCUT2D eigenvalue weighted by atomic mass is 16.3. The molecule has 2 N–H and O–H groups in total. The van der Waals surface area contributed by atoms with Gasteiger partial charge in [0.05, 0.1) is 11.0 Å². The average Bonchev–Trinajstić information content (AvgIpc) is 3.45. The molecule has 1 saturated heterocycles. The van der Waals surface area contributed by atoms with E-state index in [1.807, 2.05) is 21.8 Å². The van der Waals surface area contributed by atoms with E-state index in [0.29, 0.717) is 18.5 Å². The summed E-state index contributed by atoms with van der Waals surface area (Å²) in [5.41, 5.74) is 4.48. The average molecular weight is 437 g/mol. The number of hydrogen-bond donors (Lipinski definition) is 2. The molecule has 4 heterocycles. The number of likely N-dealkylation sites (tertiary alicyclic amines) is 1. The highest BCUT2D eigenvalue weighted by molar-refractivity contribution is 5.87. The van der Waals surface area contributed by atoms with Crippen LogP contribution in [-0.4, -0.2) is 61.0 Å². The minimum absolute atomic E-state index is 0.130. The summed E-state index contributed by atoms with van der Waals surface area (Å²) < 4.78 is 4.02. The van der Waals surface area contributed by atoms with Crippen molar-refractivity contribution in [2.45, 2.75) is 58.2 Å². The van der Waals surface area contributed by atoms with Crippen LogP contribution >= 0.6 is 0 Å². The first kappa shape index (κ1) is 21.0. The number of aromatic nitrogens is 4. The monoisotopic (exact) mass is 436 g/mol. The number of aliphatic hydroxyl groups excluding tert-OH is 1. The van der Waals surface area contributed by atoms with E-state index in [1.54, 1.807) is 6.20 Å². The molecule has 8 heteroatoms. The maximum atomic E-state index is 13.2. The highest BCUT2D eigenvalue weighted by Gasteiger charge is 2.25. The number of nitrogens with zero attached hydrogens (tertiary/aromatic N) is 5. The molecule has 0 radical (unpaired) electrons. The number of nitrogens with one attached hydrogen (secondary N) is 1. The van der Waals surface area contributed by atoms with Crippen molar-refractivity contribution in [3.05, 3.63) is 42.0 Å². The summed E-state index contributed by atoms with van der Waals surface area (Å²) in [5.74, 6) is 1.38. The van der Waals surface area contributed by atoms with E-state index >= 15 is 0 Å². The molecule has 0 aliphatic carbocycles. The predicted octanol–water partition coefficient (Wildman–Crippen LogP) is 2.45. The Morgan fingerprint density at radius 2 is 2.09 bits per heavy atom. The zero-order chi connectivity index (χ0) is 22.1. The van der Waals surface area contributed by atoms with Crippen LogP contribution in [0.25, 0.3) is 11.0 Å². The fourth-order valence-corrected chi connectivity index (χ4v) is 5.00.